The Bertz CT molecular complexity index is 1120. The highest BCUT2D eigenvalue weighted by Crippen LogP contribution is 2.27. The van der Waals surface area contributed by atoms with Crippen LogP contribution in [0.3, 0.4) is 0 Å². The topological polar surface area (TPSA) is 109 Å². The number of carbonyl (C=O) groups is 3. The molecule has 0 bridgehead atoms. The molecule has 32 heavy (non-hydrogen) atoms. The molecule has 2 N–H and O–H groups in total. The van der Waals surface area contributed by atoms with Crippen LogP contribution in [-0.4, -0.2) is 39.0 Å². The molecule has 1 aromatic heterocycles. The molecule has 10 heteroatoms. The van der Waals surface area contributed by atoms with Crippen LogP contribution in [0.5, 0.6) is 0 Å². The highest BCUT2D eigenvalue weighted by Gasteiger charge is 2.37. The molecule has 1 saturated heterocycles. The van der Waals surface area contributed by atoms with Crippen LogP contribution >= 0.6 is 11.6 Å². The summed E-state index contributed by atoms with van der Waals surface area (Å²) in [5, 5.41) is 10.1. The molecule has 4 rings (SSSR count). The summed E-state index contributed by atoms with van der Waals surface area (Å²) < 4.78 is 1.45. The molecule has 2 unspecified atom stereocenters. The van der Waals surface area contributed by atoms with Crippen molar-refractivity contribution >= 4 is 46.4 Å². The van der Waals surface area contributed by atoms with E-state index < -0.39 is 12.0 Å². The normalized spacial score (nSPS) is 16.6. The summed E-state index contributed by atoms with van der Waals surface area (Å²) in [4.78, 5) is 43.2. The van der Waals surface area contributed by atoms with Crippen molar-refractivity contribution in [1.82, 2.24) is 14.8 Å². The minimum Gasteiger partial charge on any atom is -0.325 e. The van der Waals surface area contributed by atoms with E-state index in [0.29, 0.717) is 29.4 Å². The van der Waals surface area contributed by atoms with Gasteiger partial charge in [0, 0.05) is 28.6 Å². The second-order valence-corrected chi connectivity index (χ2v) is 7.85. The Hall–Kier alpha value is -3.72. The van der Waals surface area contributed by atoms with Crippen LogP contribution < -0.4 is 15.5 Å². The average molecular weight is 453 g/mol. The first-order chi connectivity index (χ1) is 15.4. The predicted octanol–water partition coefficient (Wildman–Crippen LogP) is 3.12. The molecular weight excluding hydrogens is 432 g/mol. The number of amides is 3. The molecule has 9 nitrogen and oxygen atoms in total. The molecule has 1 aliphatic rings. The highest BCUT2D eigenvalue weighted by molar-refractivity contribution is 6.30. The lowest BCUT2D eigenvalue weighted by atomic mass is 10.1. The summed E-state index contributed by atoms with van der Waals surface area (Å²) >= 11 is 5.90. The molecule has 2 heterocycles. The van der Waals surface area contributed by atoms with Crippen LogP contribution in [0.2, 0.25) is 5.02 Å². The Labute approximate surface area is 189 Å². The highest BCUT2D eigenvalue weighted by atomic mass is 35.5. The zero-order valence-corrected chi connectivity index (χ0v) is 18.0. The number of hydrogen-bond donors (Lipinski definition) is 2. The van der Waals surface area contributed by atoms with Gasteiger partial charge >= 0.3 is 0 Å². The Balaban J connectivity index is 1.34. The maximum Gasteiger partial charge on any atom is 0.249 e. The van der Waals surface area contributed by atoms with E-state index in [9.17, 15) is 14.4 Å². The van der Waals surface area contributed by atoms with E-state index in [1.807, 2.05) is 0 Å². The number of halogens is 1. The zero-order chi connectivity index (χ0) is 22.7. The Morgan fingerprint density at radius 3 is 2.34 bits per heavy atom. The fourth-order valence-electron chi connectivity index (χ4n) is 3.45. The van der Waals surface area contributed by atoms with Gasteiger partial charge in [0.25, 0.3) is 0 Å². The summed E-state index contributed by atoms with van der Waals surface area (Å²) in [6, 6.07) is 13.1. The summed E-state index contributed by atoms with van der Waals surface area (Å²) in [6.07, 6.45) is 3.27. The molecule has 2 aromatic carbocycles. The molecule has 0 saturated carbocycles. The van der Waals surface area contributed by atoms with Gasteiger partial charge in [-0.25, -0.2) is 9.67 Å². The van der Waals surface area contributed by atoms with Gasteiger partial charge in [-0.3, -0.25) is 14.4 Å². The van der Waals surface area contributed by atoms with E-state index in [-0.39, 0.29) is 17.7 Å². The van der Waals surface area contributed by atoms with Crippen LogP contribution in [0.4, 0.5) is 17.1 Å². The Kier molecular flexibility index (Phi) is 6.18. The van der Waals surface area contributed by atoms with E-state index >= 15 is 0 Å². The molecular formula is C22H21ClN6O3. The zero-order valence-electron chi connectivity index (χ0n) is 17.2. The standard InChI is InChI=1S/C22H21ClN6O3/c1-14(29-13-24-12-25-29)20(30)26-16-4-6-17(7-5-16)27-21(31)19-10-11-28(22(19)32)18-8-2-15(23)3-9-18/h2-9,12-14,19H,10-11H2,1H3,(H,26,30)(H,27,31). The fourth-order valence-corrected chi connectivity index (χ4v) is 3.58. The third-order valence-corrected chi connectivity index (χ3v) is 5.55. The number of nitrogens with one attached hydrogen (secondary N) is 2. The van der Waals surface area contributed by atoms with E-state index in [4.69, 9.17) is 11.6 Å². The van der Waals surface area contributed by atoms with Gasteiger partial charge in [-0.1, -0.05) is 11.6 Å². The molecule has 3 amide bonds. The quantitative estimate of drug-likeness (QED) is 0.558. The van der Waals surface area contributed by atoms with E-state index in [0.717, 1.165) is 5.69 Å². The van der Waals surface area contributed by atoms with Gasteiger partial charge in [-0.05, 0) is 61.9 Å². The molecule has 3 aromatic rings. The lowest BCUT2D eigenvalue weighted by Crippen LogP contribution is -2.33. The maximum atomic E-state index is 12.7. The first kappa shape index (κ1) is 21.5. The third-order valence-electron chi connectivity index (χ3n) is 5.29. The number of rotatable bonds is 6. The van der Waals surface area contributed by atoms with E-state index in [1.54, 1.807) is 60.4 Å². The molecule has 0 aliphatic carbocycles. The Morgan fingerprint density at radius 1 is 1.06 bits per heavy atom. The largest absolute Gasteiger partial charge is 0.325 e. The number of nitrogens with zero attached hydrogens (tertiary/aromatic N) is 4. The summed E-state index contributed by atoms with van der Waals surface area (Å²) in [5.74, 6) is -1.60. The molecule has 0 radical (unpaired) electrons. The van der Waals surface area contributed by atoms with Crippen molar-refractivity contribution in [3.05, 3.63) is 66.2 Å². The van der Waals surface area contributed by atoms with Gasteiger partial charge in [0.05, 0.1) is 0 Å². The average Bonchev–Trinajstić information content (AvgIpc) is 3.45. The SMILES string of the molecule is CC(C(=O)Nc1ccc(NC(=O)C2CCN(c3ccc(Cl)cc3)C2=O)cc1)n1cncn1. The van der Waals surface area contributed by atoms with Gasteiger partial charge < -0.3 is 15.5 Å². The second-order valence-electron chi connectivity index (χ2n) is 7.41. The minimum atomic E-state index is -0.756. The first-order valence-electron chi connectivity index (χ1n) is 10.1. The first-order valence-corrected chi connectivity index (χ1v) is 10.4. The molecule has 1 aliphatic heterocycles. The lowest BCUT2D eigenvalue weighted by Gasteiger charge is -2.17. The van der Waals surface area contributed by atoms with Crippen molar-refractivity contribution in [2.45, 2.75) is 19.4 Å². The molecule has 164 valence electrons. The van der Waals surface area contributed by atoms with Crippen LogP contribution in [-0.2, 0) is 14.4 Å². The molecule has 0 spiro atoms. The smallest absolute Gasteiger partial charge is 0.249 e. The fraction of sp³-hybridized carbons (Fsp3) is 0.227. The van der Waals surface area contributed by atoms with E-state index in [1.165, 1.54) is 17.3 Å². The number of aromatic nitrogens is 3. The van der Waals surface area contributed by atoms with Gasteiger partial charge in [-0.2, -0.15) is 5.10 Å². The summed E-state index contributed by atoms with van der Waals surface area (Å²) in [5.41, 5.74) is 1.83. The number of anilines is 3. The summed E-state index contributed by atoms with van der Waals surface area (Å²) in [6.45, 7) is 2.18. The van der Waals surface area contributed by atoms with Crippen molar-refractivity contribution in [2.24, 2.45) is 5.92 Å². The monoisotopic (exact) mass is 452 g/mol. The van der Waals surface area contributed by atoms with Crippen molar-refractivity contribution < 1.29 is 14.4 Å². The lowest BCUT2D eigenvalue weighted by molar-refractivity contribution is -0.129. The number of benzene rings is 2. The maximum absolute atomic E-state index is 12.7. The van der Waals surface area contributed by atoms with Crippen molar-refractivity contribution in [3.63, 3.8) is 0 Å². The van der Waals surface area contributed by atoms with E-state index in [2.05, 4.69) is 20.7 Å². The number of hydrogen-bond acceptors (Lipinski definition) is 5. The van der Waals surface area contributed by atoms with Crippen molar-refractivity contribution in [2.75, 3.05) is 22.1 Å². The Morgan fingerprint density at radius 2 is 1.72 bits per heavy atom. The van der Waals surface area contributed by atoms with Crippen LogP contribution in [0, 0.1) is 5.92 Å². The van der Waals surface area contributed by atoms with Gasteiger partial charge in [0.1, 0.15) is 24.6 Å². The number of carbonyl (C=O) groups excluding carboxylic acids is 3. The van der Waals surface area contributed by atoms with Crippen LogP contribution in [0.15, 0.2) is 61.2 Å². The van der Waals surface area contributed by atoms with Gasteiger partial charge in [0.15, 0.2) is 0 Å². The third kappa shape index (κ3) is 4.62. The second kappa shape index (κ2) is 9.19. The van der Waals surface area contributed by atoms with Crippen molar-refractivity contribution in [1.29, 1.82) is 0 Å². The van der Waals surface area contributed by atoms with Crippen LogP contribution in [0.25, 0.3) is 0 Å². The summed E-state index contributed by atoms with van der Waals surface area (Å²) in [7, 11) is 0. The van der Waals surface area contributed by atoms with Crippen LogP contribution in [0.1, 0.15) is 19.4 Å². The van der Waals surface area contributed by atoms with Crippen molar-refractivity contribution in [3.8, 4) is 0 Å². The molecule has 1 fully saturated rings. The van der Waals surface area contributed by atoms with Gasteiger partial charge in [-0.15, -0.1) is 0 Å². The van der Waals surface area contributed by atoms with Gasteiger partial charge in [0.2, 0.25) is 17.7 Å². The predicted molar refractivity (Wildman–Crippen MR) is 120 cm³/mol. The molecule has 2 atom stereocenters. The minimum absolute atomic E-state index is 0.240.